The standard InChI is InChI=1S/C17H17NO3/c1-18-11-13-7-3-2-6-12(13)10-16(19)14-8-4-5-9-15(14)17(20)21/h2-9,18H,10-11H2,1H3,(H,20,21). The van der Waals surface area contributed by atoms with Crippen molar-refractivity contribution in [1.29, 1.82) is 0 Å². The van der Waals surface area contributed by atoms with Gasteiger partial charge >= 0.3 is 5.97 Å². The number of hydrogen-bond donors (Lipinski definition) is 2. The van der Waals surface area contributed by atoms with Gasteiger partial charge in [-0.15, -0.1) is 0 Å². The van der Waals surface area contributed by atoms with Crippen LogP contribution in [0.25, 0.3) is 0 Å². The molecule has 4 nitrogen and oxygen atoms in total. The van der Waals surface area contributed by atoms with E-state index >= 15 is 0 Å². The van der Waals surface area contributed by atoms with E-state index in [1.165, 1.54) is 6.07 Å². The number of ketones is 1. The Morgan fingerprint density at radius 2 is 1.52 bits per heavy atom. The highest BCUT2D eigenvalue weighted by molar-refractivity contribution is 6.06. The third-order valence-electron chi connectivity index (χ3n) is 3.29. The molecular weight excluding hydrogens is 266 g/mol. The summed E-state index contributed by atoms with van der Waals surface area (Å²) in [5, 5.41) is 12.2. The third kappa shape index (κ3) is 3.55. The summed E-state index contributed by atoms with van der Waals surface area (Å²) in [6.07, 6.45) is 0.197. The van der Waals surface area contributed by atoms with Gasteiger partial charge in [-0.1, -0.05) is 42.5 Å². The normalized spacial score (nSPS) is 10.3. The topological polar surface area (TPSA) is 66.4 Å². The smallest absolute Gasteiger partial charge is 0.336 e. The molecule has 0 spiro atoms. The lowest BCUT2D eigenvalue weighted by Crippen LogP contribution is -2.13. The summed E-state index contributed by atoms with van der Waals surface area (Å²) >= 11 is 0. The summed E-state index contributed by atoms with van der Waals surface area (Å²) in [4.78, 5) is 23.6. The highest BCUT2D eigenvalue weighted by atomic mass is 16.4. The van der Waals surface area contributed by atoms with Gasteiger partial charge < -0.3 is 10.4 Å². The van der Waals surface area contributed by atoms with Crippen LogP contribution in [-0.4, -0.2) is 23.9 Å². The Balaban J connectivity index is 2.29. The van der Waals surface area contributed by atoms with Crippen molar-refractivity contribution in [3.8, 4) is 0 Å². The molecule has 0 aromatic heterocycles. The quantitative estimate of drug-likeness (QED) is 0.799. The lowest BCUT2D eigenvalue weighted by molar-refractivity contribution is 0.0692. The van der Waals surface area contributed by atoms with E-state index in [1.54, 1.807) is 18.2 Å². The van der Waals surface area contributed by atoms with Gasteiger partial charge in [0.1, 0.15) is 0 Å². The largest absolute Gasteiger partial charge is 0.478 e. The minimum absolute atomic E-state index is 0.0496. The predicted molar refractivity (Wildman–Crippen MR) is 80.6 cm³/mol. The van der Waals surface area contributed by atoms with Crippen LogP contribution in [0.2, 0.25) is 0 Å². The van der Waals surface area contributed by atoms with E-state index < -0.39 is 5.97 Å². The zero-order chi connectivity index (χ0) is 15.2. The van der Waals surface area contributed by atoms with Crippen molar-refractivity contribution in [2.75, 3.05) is 7.05 Å². The van der Waals surface area contributed by atoms with Gasteiger partial charge in [-0.25, -0.2) is 4.79 Å². The number of carboxylic acid groups (broad SMARTS) is 1. The number of Topliss-reactive ketones (excluding diaryl/α,β-unsaturated/α-hetero) is 1. The van der Waals surface area contributed by atoms with Gasteiger partial charge in [0.2, 0.25) is 0 Å². The number of hydrogen-bond acceptors (Lipinski definition) is 3. The first kappa shape index (κ1) is 14.9. The first-order valence-corrected chi connectivity index (χ1v) is 6.70. The van der Waals surface area contributed by atoms with Crippen LogP contribution in [0.1, 0.15) is 31.8 Å². The second-order valence-electron chi connectivity index (χ2n) is 4.75. The molecule has 0 amide bonds. The summed E-state index contributed by atoms with van der Waals surface area (Å²) in [5.41, 5.74) is 2.26. The number of carbonyl (C=O) groups is 2. The molecule has 0 fully saturated rings. The highest BCUT2D eigenvalue weighted by Crippen LogP contribution is 2.15. The van der Waals surface area contributed by atoms with Crippen molar-refractivity contribution in [1.82, 2.24) is 5.32 Å². The summed E-state index contributed by atoms with van der Waals surface area (Å²) in [5.74, 6) is -1.26. The van der Waals surface area contributed by atoms with Crippen LogP contribution in [-0.2, 0) is 13.0 Å². The Morgan fingerprint density at radius 1 is 0.952 bits per heavy atom. The Labute approximate surface area is 123 Å². The maximum atomic E-state index is 12.4. The molecule has 0 heterocycles. The average molecular weight is 283 g/mol. The van der Waals surface area contributed by atoms with Crippen LogP contribution in [0.4, 0.5) is 0 Å². The van der Waals surface area contributed by atoms with Crippen LogP contribution < -0.4 is 5.32 Å². The maximum Gasteiger partial charge on any atom is 0.336 e. The molecule has 0 atom stereocenters. The number of aromatic carboxylic acids is 1. The number of benzene rings is 2. The van der Waals surface area contributed by atoms with E-state index in [-0.39, 0.29) is 23.3 Å². The zero-order valence-corrected chi connectivity index (χ0v) is 11.8. The van der Waals surface area contributed by atoms with Crippen molar-refractivity contribution in [2.45, 2.75) is 13.0 Å². The van der Waals surface area contributed by atoms with Gasteiger partial charge in [-0.05, 0) is 24.2 Å². The van der Waals surface area contributed by atoms with Crippen molar-refractivity contribution in [3.63, 3.8) is 0 Å². The van der Waals surface area contributed by atoms with Gasteiger partial charge in [-0.2, -0.15) is 0 Å². The Bertz CT molecular complexity index is 665. The highest BCUT2D eigenvalue weighted by Gasteiger charge is 2.16. The molecule has 2 rings (SSSR count). The first-order chi connectivity index (χ1) is 10.1. The van der Waals surface area contributed by atoms with E-state index in [0.29, 0.717) is 6.54 Å². The van der Waals surface area contributed by atoms with Crippen molar-refractivity contribution in [3.05, 3.63) is 70.8 Å². The number of carboxylic acids is 1. The molecule has 4 heteroatoms. The van der Waals surface area contributed by atoms with Crippen LogP contribution >= 0.6 is 0 Å². The van der Waals surface area contributed by atoms with Crippen molar-refractivity contribution >= 4 is 11.8 Å². The number of nitrogens with one attached hydrogen (secondary N) is 1. The molecule has 0 saturated carbocycles. The molecule has 0 bridgehead atoms. The number of carbonyl (C=O) groups excluding carboxylic acids is 1. The van der Waals surface area contributed by atoms with Crippen molar-refractivity contribution in [2.24, 2.45) is 0 Å². The minimum atomic E-state index is -1.08. The second kappa shape index (κ2) is 6.81. The molecule has 108 valence electrons. The van der Waals surface area contributed by atoms with E-state index in [0.717, 1.165) is 11.1 Å². The minimum Gasteiger partial charge on any atom is -0.478 e. The third-order valence-corrected chi connectivity index (χ3v) is 3.29. The van der Waals surface area contributed by atoms with Gasteiger partial charge in [-0.3, -0.25) is 4.79 Å². The fourth-order valence-electron chi connectivity index (χ4n) is 2.27. The summed E-state index contributed by atoms with van der Waals surface area (Å²) in [6, 6.07) is 14.0. The zero-order valence-electron chi connectivity index (χ0n) is 11.8. The molecule has 0 unspecified atom stereocenters. The SMILES string of the molecule is CNCc1ccccc1CC(=O)c1ccccc1C(=O)O. The number of rotatable bonds is 6. The van der Waals surface area contributed by atoms with Gasteiger partial charge in [0.25, 0.3) is 0 Å². The van der Waals surface area contributed by atoms with Crippen LogP contribution in [0.3, 0.4) is 0 Å². The monoisotopic (exact) mass is 283 g/mol. The molecule has 0 saturated heterocycles. The fourth-order valence-corrected chi connectivity index (χ4v) is 2.27. The lowest BCUT2D eigenvalue weighted by Gasteiger charge is -2.09. The van der Waals surface area contributed by atoms with Gasteiger partial charge in [0, 0.05) is 18.5 Å². The van der Waals surface area contributed by atoms with E-state index in [2.05, 4.69) is 5.32 Å². The van der Waals surface area contributed by atoms with Crippen LogP contribution in [0.5, 0.6) is 0 Å². The maximum absolute atomic E-state index is 12.4. The van der Waals surface area contributed by atoms with Gasteiger partial charge in [0.15, 0.2) is 5.78 Å². The predicted octanol–water partition coefficient (Wildman–Crippen LogP) is 2.53. The Hall–Kier alpha value is -2.46. The van der Waals surface area contributed by atoms with Gasteiger partial charge in [0.05, 0.1) is 5.56 Å². The molecule has 0 aliphatic rings. The molecule has 21 heavy (non-hydrogen) atoms. The van der Waals surface area contributed by atoms with E-state index in [1.807, 2.05) is 31.3 Å². The molecule has 2 aromatic rings. The van der Waals surface area contributed by atoms with Crippen LogP contribution in [0, 0.1) is 0 Å². The summed E-state index contributed by atoms with van der Waals surface area (Å²) in [6.45, 7) is 0.671. The molecule has 0 aliphatic carbocycles. The lowest BCUT2D eigenvalue weighted by atomic mass is 9.96. The Kier molecular flexibility index (Phi) is 4.85. The molecule has 0 radical (unpaired) electrons. The molecule has 2 N–H and O–H groups in total. The van der Waals surface area contributed by atoms with Crippen molar-refractivity contribution < 1.29 is 14.7 Å². The summed E-state index contributed by atoms with van der Waals surface area (Å²) < 4.78 is 0. The van der Waals surface area contributed by atoms with E-state index in [4.69, 9.17) is 5.11 Å². The Morgan fingerprint density at radius 3 is 2.14 bits per heavy atom. The summed E-state index contributed by atoms with van der Waals surface area (Å²) in [7, 11) is 1.85. The average Bonchev–Trinajstić information content (AvgIpc) is 2.49. The fraction of sp³-hybridized carbons (Fsp3) is 0.176. The molecule has 2 aromatic carbocycles. The molecule has 0 aliphatic heterocycles. The molecular formula is C17H17NO3. The van der Waals surface area contributed by atoms with E-state index in [9.17, 15) is 9.59 Å². The van der Waals surface area contributed by atoms with Crippen LogP contribution in [0.15, 0.2) is 48.5 Å². The first-order valence-electron chi connectivity index (χ1n) is 6.70. The second-order valence-corrected chi connectivity index (χ2v) is 4.75.